The van der Waals surface area contributed by atoms with Gasteiger partial charge in [-0.3, -0.25) is 0 Å². The first kappa shape index (κ1) is 16.0. The van der Waals surface area contributed by atoms with Crippen LogP contribution in [0.15, 0.2) is 24.3 Å². The molecule has 0 aromatic heterocycles. The molecule has 0 saturated heterocycles. The minimum Gasteiger partial charge on any atom is -0.494 e. The van der Waals surface area contributed by atoms with E-state index in [0.29, 0.717) is 0 Å². The Morgan fingerprint density at radius 3 is 2.47 bits per heavy atom. The van der Waals surface area contributed by atoms with Crippen molar-refractivity contribution in [1.29, 1.82) is 0 Å². The van der Waals surface area contributed by atoms with Gasteiger partial charge in [0.05, 0.1) is 6.61 Å². The molecule has 3 nitrogen and oxygen atoms in total. The van der Waals surface area contributed by atoms with Gasteiger partial charge in [0.15, 0.2) is 0 Å². The lowest BCUT2D eigenvalue weighted by molar-refractivity contribution is 0.320. The highest BCUT2D eigenvalue weighted by molar-refractivity contribution is 5.27. The molecule has 1 N–H and O–H groups in total. The summed E-state index contributed by atoms with van der Waals surface area (Å²) >= 11 is 0. The first-order chi connectivity index (χ1) is 9.11. The van der Waals surface area contributed by atoms with Crippen molar-refractivity contribution in [3.05, 3.63) is 29.8 Å². The second-order valence-electron chi connectivity index (χ2n) is 5.41. The molecular weight excluding hydrogens is 236 g/mol. The van der Waals surface area contributed by atoms with Crippen LogP contribution in [0.3, 0.4) is 0 Å². The number of ether oxygens (including phenoxy) is 1. The Kier molecular flexibility index (Phi) is 7.53. The molecule has 1 aromatic rings. The topological polar surface area (TPSA) is 24.5 Å². The van der Waals surface area contributed by atoms with Crippen LogP contribution in [0.1, 0.15) is 26.3 Å². The number of benzene rings is 1. The van der Waals surface area contributed by atoms with Gasteiger partial charge in [0.2, 0.25) is 0 Å². The zero-order valence-electron chi connectivity index (χ0n) is 12.8. The van der Waals surface area contributed by atoms with E-state index < -0.39 is 0 Å². The summed E-state index contributed by atoms with van der Waals surface area (Å²) in [5.74, 6) is 1.67. The second-order valence-corrected chi connectivity index (χ2v) is 5.41. The van der Waals surface area contributed by atoms with Crippen molar-refractivity contribution in [2.24, 2.45) is 5.92 Å². The minimum atomic E-state index is 0.719. The number of rotatable bonds is 9. The average molecular weight is 264 g/mol. The number of nitrogens with zero attached hydrogens (tertiary/aromatic N) is 1. The fraction of sp³-hybridized carbons (Fsp3) is 0.625. The van der Waals surface area contributed by atoms with Crippen LogP contribution in [0.25, 0.3) is 0 Å². The summed E-state index contributed by atoms with van der Waals surface area (Å²) in [6.07, 6.45) is 0. The minimum absolute atomic E-state index is 0.719. The van der Waals surface area contributed by atoms with E-state index in [-0.39, 0.29) is 0 Å². The highest BCUT2D eigenvalue weighted by Crippen LogP contribution is 2.13. The van der Waals surface area contributed by atoms with Crippen molar-refractivity contribution in [2.75, 3.05) is 33.3 Å². The van der Waals surface area contributed by atoms with Crippen molar-refractivity contribution in [3.63, 3.8) is 0 Å². The zero-order valence-corrected chi connectivity index (χ0v) is 12.8. The Bertz CT molecular complexity index is 335. The number of hydrogen-bond acceptors (Lipinski definition) is 3. The molecule has 0 radical (unpaired) electrons. The lowest BCUT2D eigenvalue weighted by Gasteiger charge is -2.17. The third kappa shape index (κ3) is 7.19. The van der Waals surface area contributed by atoms with E-state index in [2.05, 4.69) is 43.2 Å². The number of likely N-dealkylation sites (N-methyl/N-ethyl adjacent to an activating group) is 1. The fourth-order valence-corrected chi connectivity index (χ4v) is 1.91. The van der Waals surface area contributed by atoms with Crippen LogP contribution < -0.4 is 10.1 Å². The molecule has 3 heteroatoms. The Morgan fingerprint density at radius 1 is 1.21 bits per heavy atom. The van der Waals surface area contributed by atoms with Crippen LogP contribution in [0.4, 0.5) is 0 Å². The standard InChI is InChI=1S/C16H28N2O/c1-5-19-16-8-6-15(7-9-16)13-18(4)11-10-17-12-14(2)3/h6-9,14,17H,5,10-13H2,1-4H3. The Morgan fingerprint density at radius 2 is 1.89 bits per heavy atom. The molecule has 0 aliphatic carbocycles. The first-order valence-corrected chi connectivity index (χ1v) is 7.22. The van der Waals surface area contributed by atoms with E-state index >= 15 is 0 Å². The molecule has 19 heavy (non-hydrogen) atoms. The van der Waals surface area contributed by atoms with Gasteiger partial charge in [-0.05, 0) is 44.1 Å². The van der Waals surface area contributed by atoms with Gasteiger partial charge in [0, 0.05) is 19.6 Å². The third-order valence-corrected chi connectivity index (χ3v) is 2.91. The van der Waals surface area contributed by atoms with Gasteiger partial charge < -0.3 is 15.0 Å². The zero-order chi connectivity index (χ0) is 14.1. The van der Waals surface area contributed by atoms with Crippen molar-refractivity contribution in [1.82, 2.24) is 10.2 Å². The van der Waals surface area contributed by atoms with Gasteiger partial charge in [-0.1, -0.05) is 26.0 Å². The molecule has 0 unspecified atom stereocenters. The smallest absolute Gasteiger partial charge is 0.119 e. The largest absolute Gasteiger partial charge is 0.494 e. The Hall–Kier alpha value is -1.06. The van der Waals surface area contributed by atoms with Gasteiger partial charge in [-0.15, -0.1) is 0 Å². The van der Waals surface area contributed by atoms with Crippen molar-refractivity contribution in [2.45, 2.75) is 27.3 Å². The predicted octanol–water partition coefficient (Wildman–Crippen LogP) is 2.76. The normalized spacial score (nSPS) is 11.3. The Labute approximate surface area is 118 Å². The molecule has 108 valence electrons. The molecule has 0 fully saturated rings. The molecule has 0 spiro atoms. The van der Waals surface area contributed by atoms with Crippen LogP contribution >= 0.6 is 0 Å². The van der Waals surface area contributed by atoms with Crippen molar-refractivity contribution < 1.29 is 4.74 Å². The molecule has 0 heterocycles. The molecule has 1 rings (SSSR count). The molecule has 0 saturated carbocycles. The highest BCUT2D eigenvalue weighted by atomic mass is 16.5. The predicted molar refractivity (Wildman–Crippen MR) is 81.7 cm³/mol. The van der Waals surface area contributed by atoms with Crippen LogP contribution in [0.2, 0.25) is 0 Å². The van der Waals surface area contributed by atoms with E-state index in [1.807, 2.05) is 19.1 Å². The molecule has 1 aromatic carbocycles. The average Bonchev–Trinajstić information content (AvgIpc) is 2.37. The van der Waals surface area contributed by atoms with Crippen LogP contribution in [-0.2, 0) is 6.54 Å². The van der Waals surface area contributed by atoms with Gasteiger partial charge in [-0.25, -0.2) is 0 Å². The van der Waals surface area contributed by atoms with E-state index in [1.54, 1.807) is 0 Å². The number of nitrogens with one attached hydrogen (secondary N) is 1. The molecule has 0 amide bonds. The quantitative estimate of drug-likeness (QED) is 0.694. The summed E-state index contributed by atoms with van der Waals surface area (Å²) in [5, 5.41) is 3.47. The highest BCUT2D eigenvalue weighted by Gasteiger charge is 2.01. The summed E-state index contributed by atoms with van der Waals surface area (Å²) in [5.41, 5.74) is 1.33. The van der Waals surface area contributed by atoms with E-state index in [1.165, 1.54) is 5.56 Å². The third-order valence-electron chi connectivity index (χ3n) is 2.91. The van der Waals surface area contributed by atoms with Crippen LogP contribution in [-0.4, -0.2) is 38.2 Å². The van der Waals surface area contributed by atoms with Crippen molar-refractivity contribution in [3.8, 4) is 5.75 Å². The van der Waals surface area contributed by atoms with Gasteiger partial charge in [-0.2, -0.15) is 0 Å². The maximum absolute atomic E-state index is 5.44. The lowest BCUT2D eigenvalue weighted by Crippen LogP contribution is -2.30. The summed E-state index contributed by atoms with van der Waals surface area (Å²) in [6, 6.07) is 8.37. The van der Waals surface area contributed by atoms with Gasteiger partial charge in [0.1, 0.15) is 5.75 Å². The van der Waals surface area contributed by atoms with Gasteiger partial charge in [0.25, 0.3) is 0 Å². The maximum Gasteiger partial charge on any atom is 0.119 e. The summed E-state index contributed by atoms with van der Waals surface area (Å²) in [6.45, 7) is 11.4. The lowest BCUT2D eigenvalue weighted by atomic mass is 10.2. The second kappa shape index (κ2) is 8.94. The molecule has 0 aliphatic heterocycles. The van der Waals surface area contributed by atoms with Crippen LogP contribution in [0.5, 0.6) is 5.75 Å². The summed E-state index contributed by atoms with van der Waals surface area (Å²) < 4.78 is 5.44. The molecule has 0 atom stereocenters. The van der Waals surface area contributed by atoms with Crippen molar-refractivity contribution >= 4 is 0 Å². The summed E-state index contributed by atoms with van der Waals surface area (Å²) in [4.78, 5) is 2.34. The number of hydrogen-bond donors (Lipinski definition) is 1. The Balaban J connectivity index is 2.25. The summed E-state index contributed by atoms with van der Waals surface area (Å²) in [7, 11) is 2.16. The fourth-order valence-electron chi connectivity index (χ4n) is 1.91. The van der Waals surface area contributed by atoms with E-state index in [4.69, 9.17) is 4.74 Å². The van der Waals surface area contributed by atoms with E-state index in [0.717, 1.165) is 44.5 Å². The maximum atomic E-state index is 5.44. The SMILES string of the molecule is CCOc1ccc(CN(C)CCNCC(C)C)cc1. The first-order valence-electron chi connectivity index (χ1n) is 7.22. The molecule has 0 bridgehead atoms. The van der Waals surface area contributed by atoms with Gasteiger partial charge >= 0.3 is 0 Å². The molecule has 0 aliphatic rings. The molecular formula is C16H28N2O. The van der Waals surface area contributed by atoms with E-state index in [9.17, 15) is 0 Å². The van der Waals surface area contributed by atoms with Crippen LogP contribution in [0, 0.1) is 5.92 Å². The monoisotopic (exact) mass is 264 g/mol.